The van der Waals surface area contributed by atoms with Crippen LogP contribution in [0.2, 0.25) is 0 Å². The second-order valence-corrected chi connectivity index (χ2v) is 6.06. The molecule has 5 nitrogen and oxygen atoms in total. The molecule has 0 aliphatic rings. The summed E-state index contributed by atoms with van der Waals surface area (Å²) in [4.78, 5) is 0. The van der Waals surface area contributed by atoms with Gasteiger partial charge in [0.15, 0.2) is 0 Å². The van der Waals surface area contributed by atoms with Crippen molar-refractivity contribution >= 4 is 0 Å². The quantitative estimate of drug-likeness (QED) is 0.270. The van der Waals surface area contributed by atoms with Gasteiger partial charge in [-0.2, -0.15) is 0 Å². The molecule has 0 aromatic rings. The molecule has 0 bridgehead atoms. The van der Waals surface area contributed by atoms with E-state index in [4.69, 9.17) is 23.7 Å². The zero-order valence-corrected chi connectivity index (χ0v) is 16.8. The molecule has 0 saturated carbocycles. The lowest BCUT2D eigenvalue weighted by Gasteiger charge is -2.07. The lowest BCUT2D eigenvalue weighted by molar-refractivity contribution is 0.0833. The molecule has 5 heteroatoms. The highest BCUT2D eigenvalue weighted by atomic mass is 16.5. The van der Waals surface area contributed by atoms with Crippen molar-refractivity contribution in [2.24, 2.45) is 0 Å². The molecule has 0 unspecified atom stereocenters. The zero-order valence-electron chi connectivity index (χ0n) is 16.8. The minimum atomic E-state index is 0.808. The van der Waals surface area contributed by atoms with Crippen molar-refractivity contribution in [2.75, 3.05) is 66.1 Å². The van der Waals surface area contributed by atoms with Crippen molar-refractivity contribution in [3.05, 3.63) is 0 Å². The summed E-state index contributed by atoms with van der Waals surface area (Å²) in [6, 6.07) is 0. The van der Waals surface area contributed by atoms with Gasteiger partial charge in [0.25, 0.3) is 0 Å². The highest BCUT2D eigenvalue weighted by Gasteiger charge is 1.94. The van der Waals surface area contributed by atoms with Gasteiger partial charge in [-0.05, 0) is 65.2 Å². The topological polar surface area (TPSA) is 46.2 Å². The molecule has 0 aliphatic heterocycles. The first-order valence-electron chi connectivity index (χ1n) is 10.3. The summed E-state index contributed by atoms with van der Waals surface area (Å²) in [6.45, 7) is 12.4. The predicted molar refractivity (Wildman–Crippen MR) is 102 cm³/mol. The number of hydrogen-bond donors (Lipinski definition) is 0. The average Bonchev–Trinajstić information content (AvgIpc) is 2.63. The van der Waals surface area contributed by atoms with E-state index >= 15 is 0 Å². The Balaban J connectivity index is 2.94. The fourth-order valence-corrected chi connectivity index (χ4v) is 2.23. The molecule has 0 N–H and O–H groups in total. The van der Waals surface area contributed by atoms with Crippen LogP contribution in [0.3, 0.4) is 0 Å². The van der Waals surface area contributed by atoms with E-state index in [1.165, 1.54) is 0 Å². The number of rotatable bonds is 22. The Morgan fingerprint density at radius 2 is 0.520 bits per heavy atom. The summed E-state index contributed by atoms with van der Waals surface area (Å²) in [7, 11) is 0. The van der Waals surface area contributed by atoms with E-state index < -0.39 is 0 Å². The van der Waals surface area contributed by atoms with Gasteiger partial charge in [-0.25, -0.2) is 0 Å². The summed E-state index contributed by atoms with van der Waals surface area (Å²) < 4.78 is 27.4. The van der Waals surface area contributed by atoms with Gasteiger partial charge in [-0.1, -0.05) is 0 Å². The fourth-order valence-electron chi connectivity index (χ4n) is 2.23. The predicted octanol–water partition coefficient (Wildman–Crippen LogP) is 4.23. The van der Waals surface area contributed by atoms with Crippen LogP contribution >= 0.6 is 0 Å². The molecule has 0 rings (SSSR count). The summed E-state index contributed by atoms with van der Waals surface area (Å²) in [5.74, 6) is 0. The largest absolute Gasteiger partial charge is 0.382 e. The molecule has 0 amide bonds. The SMILES string of the molecule is CCOCCCCOCCCCOCCCCOCCCCOCC. The molecule has 0 heterocycles. The van der Waals surface area contributed by atoms with Crippen LogP contribution in [0.5, 0.6) is 0 Å². The van der Waals surface area contributed by atoms with Crippen LogP contribution in [0.25, 0.3) is 0 Å². The number of ether oxygens (including phenoxy) is 5. The van der Waals surface area contributed by atoms with Crippen LogP contribution in [-0.4, -0.2) is 66.1 Å². The van der Waals surface area contributed by atoms with Crippen molar-refractivity contribution in [1.29, 1.82) is 0 Å². The number of hydrogen-bond acceptors (Lipinski definition) is 5. The van der Waals surface area contributed by atoms with Gasteiger partial charge in [-0.3, -0.25) is 0 Å². The second kappa shape index (κ2) is 23.8. The first-order chi connectivity index (χ1) is 12.4. The Morgan fingerprint density at radius 3 is 0.720 bits per heavy atom. The van der Waals surface area contributed by atoms with Gasteiger partial charge in [0.1, 0.15) is 0 Å². The van der Waals surface area contributed by atoms with Gasteiger partial charge in [-0.15, -0.1) is 0 Å². The van der Waals surface area contributed by atoms with Crippen LogP contribution in [0.4, 0.5) is 0 Å². The average molecular weight is 363 g/mol. The highest BCUT2D eigenvalue weighted by molar-refractivity contribution is 4.43. The Kier molecular flexibility index (Phi) is 23.6. The van der Waals surface area contributed by atoms with E-state index in [9.17, 15) is 0 Å². The monoisotopic (exact) mass is 362 g/mol. The normalized spacial score (nSPS) is 11.3. The third-order valence-corrected chi connectivity index (χ3v) is 3.72. The van der Waals surface area contributed by atoms with Gasteiger partial charge in [0, 0.05) is 66.1 Å². The van der Waals surface area contributed by atoms with Crippen LogP contribution < -0.4 is 0 Å². The summed E-state index contributed by atoms with van der Waals surface area (Å²) in [6.07, 6.45) is 8.68. The van der Waals surface area contributed by atoms with E-state index in [-0.39, 0.29) is 0 Å². The summed E-state index contributed by atoms with van der Waals surface area (Å²) in [5.41, 5.74) is 0. The van der Waals surface area contributed by atoms with E-state index in [0.717, 1.165) is 117 Å². The third-order valence-electron chi connectivity index (χ3n) is 3.72. The maximum Gasteiger partial charge on any atom is 0.0466 e. The Morgan fingerprint density at radius 1 is 0.320 bits per heavy atom. The molecule has 0 aliphatic carbocycles. The van der Waals surface area contributed by atoms with Gasteiger partial charge >= 0.3 is 0 Å². The van der Waals surface area contributed by atoms with Crippen LogP contribution in [-0.2, 0) is 23.7 Å². The molecule has 152 valence electrons. The maximum absolute atomic E-state index is 5.63. The smallest absolute Gasteiger partial charge is 0.0466 e. The Bertz CT molecular complexity index is 204. The van der Waals surface area contributed by atoms with Crippen LogP contribution in [0.1, 0.15) is 65.2 Å². The summed E-state index contributed by atoms with van der Waals surface area (Å²) >= 11 is 0. The standard InChI is InChI=1S/C20H42O5/c1-3-21-13-5-7-15-23-17-9-11-19-25-20-12-10-18-24-16-8-6-14-22-4-2/h3-20H2,1-2H3. The van der Waals surface area contributed by atoms with Crippen molar-refractivity contribution < 1.29 is 23.7 Å². The molecule has 0 fully saturated rings. The molecule has 25 heavy (non-hydrogen) atoms. The molecular weight excluding hydrogens is 320 g/mol. The van der Waals surface area contributed by atoms with Crippen molar-refractivity contribution in [3.63, 3.8) is 0 Å². The Labute approximate surface area is 155 Å². The van der Waals surface area contributed by atoms with Crippen LogP contribution in [0, 0.1) is 0 Å². The van der Waals surface area contributed by atoms with E-state index in [0.29, 0.717) is 0 Å². The van der Waals surface area contributed by atoms with E-state index in [1.54, 1.807) is 0 Å². The Hall–Kier alpha value is -0.200. The lowest BCUT2D eigenvalue weighted by Crippen LogP contribution is -2.04. The van der Waals surface area contributed by atoms with E-state index in [2.05, 4.69) is 0 Å². The minimum Gasteiger partial charge on any atom is -0.382 e. The van der Waals surface area contributed by atoms with E-state index in [1.807, 2.05) is 13.8 Å². The first kappa shape index (κ1) is 24.8. The first-order valence-corrected chi connectivity index (χ1v) is 10.3. The van der Waals surface area contributed by atoms with Gasteiger partial charge in [0.05, 0.1) is 0 Å². The maximum atomic E-state index is 5.63. The molecular formula is C20H42O5. The van der Waals surface area contributed by atoms with Crippen molar-refractivity contribution in [3.8, 4) is 0 Å². The minimum absolute atomic E-state index is 0.808. The number of unbranched alkanes of at least 4 members (excludes halogenated alkanes) is 4. The van der Waals surface area contributed by atoms with Crippen LogP contribution in [0.15, 0.2) is 0 Å². The molecule has 0 spiro atoms. The van der Waals surface area contributed by atoms with Crippen molar-refractivity contribution in [2.45, 2.75) is 65.2 Å². The molecule has 0 aromatic heterocycles. The highest BCUT2D eigenvalue weighted by Crippen LogP contribution is 1.98. The third kappa shape index (κ3) is 23.8. The fraction of sp³-hybridized carbons (Fsp3) is 1.00. The molecule has 0 saturated heterocycles. The zero-order chi connectivity index (χ0) is 18.3. The second-order valence-electron chi connectivity index (χ2n) is 6.06. The molecule has 0 atom stereocenters. The molecule has 0 radical (unpaired) electrons. The van der Waals surface area contributed by atoms with Crippen molar-refractivity contribution in [1.82, 2.24) is 0 Å². The van der Waals surface area contributed by atoms with Gasteiger partial charge < -0.3 is 23.7 Å². The molecule has 0 aromatic carbocycles. The van der Waals surface area contributed by atoms with Gasteiger partial charge in [0.2, 0.25) is 0 Å². The summed E-state index contributed by atoms with van der Waals surface area (Å²) in [5, 5.41) is 0. The lowest BCUT2D eigenvalue weighted by atomic mass is 10.3.